The highest BCUT2D eigenvalue weighted by molar-refractivity contribution is 5.92. The Hall–Kier alpha value is -1.85. The fourth-order valence-corrected chi connectivity index (χ4v) is 0.832. The topological polar surface area (TPSA) is 78.1 Å². The third-order valence-electron chi connectivity index (χ3n) is 1.67. The van der Waals surface area contributed by atoms with Crippen LogP contribution in [0.4, 0.5) is 5.95 Å². The molecule has 2 amide bonds. The van der Waals surface area contributed by atoms with Gasteiger partial charge < -0.3 is 9.88 Å². The van der Waals surface area contributed by atoms with Gasteiger partial charge in [0, 0.05) is 26.4 Å². The van der Waals surface area contributed by atoms with Crippen molar-refractivity contribution in [1.29, 1.82) is 0 Å². The number of hydrogen-bond donors (Lipinski definition) is 2. The lowest BCUT2D eigenvalue weighted by Gasteiger charge is -2.13. The van der Waals surface area contributed by atoms with Crippen molar-refractivity contribution in [2.24, 2.45) is 0 Å². The van der Waals surface area contributed by atoms with Gasteiger partial charge in [-0.15, -0.1) is 0 Å². The van der Waals surface area contributed by atoms with E-state index in [0.29, 0.717) is 5.95 Å². The first-order valence-corrected chi connectivity index (χ1v) is 4.10. The van der Waals surface area contributed by atoms with Crippen molar-refractivity contribution < 1.29 is 9.59 Å². The summed E-state index contributed by atoms with van der Waals surface area (Å²) in [6, 6.07) is 0. The van der Waals surface area contributed by atoms with E-state index in [1.54, 1.807) is 13.2 Å². The van der Waals surface area contributed by atoms with Gasteiger partial charge in [-0.3, -0.25) is 14.9 Å². The van der Waals surface area contributed by atoms with Crippen LogP contribution in [0.2, 0.25) is 0 Å². The highest BCUT2D eigenvalue weighted by Gasteiger charge is 2.09. The molecule has 0 aliphatic rings. The minimum Gasteiger partial charge on any atom is -0.337 e. The number of anilines is 1. The zero-order valence-electron chi connectivity index (χ0n) is 8.07. The van der Waals surface area contributed by atoms with Crippen molar-refractivity contribution in [2.45, 2.75) is 6.92 Å². The van der Waals surface area contributed by atoms with Gasteiger partial charge in [-0.2, -0.15) is 0 Å². The number of amides is 2. The van der Waals surface area contributed by atoms with E-state index in [9.17, 15) is 9.59 Å². The molecule has 1 heterocycles. The van der Waals surface area contributed by atoms with Gasteiger partial charge in [0.05, 0.1) is 6.54 Å². The summed E-state index contributed by atoms with van der Waals surface area (Å²) in [5, 5.41) is 2.51. The number of hydrogen-bond acceptors (Lipinski definition) is 3. The maximum atomic E-state index is 11.3. The molecule has 2 N–H and O–H groups in total. The number of carbonyl (C=O) groups is 2. The van der Waals surface area contributed by atoms with Gasteiger partial charge in [0.1, 0.15) is 0 Å². The summed E-state index contributed by atoms with van der Waals surface area (Å²) in [7, 11) is 1.56. The molecule has 0 saturated heterocycles. The van der Waals surface area contributed by atoms with Crippen LogP contribution in [0, 0.1) is 0 Å². The van der Waals surface area contributed by atoms with E-state index >= 15 is 0 Å². The third kappa shape index (κ3) is 2.89. The SMILES string of the molecule is CC(=O)N(C)CC(=O)Nc1ncc[nH]1. The molecule has 14 heavy (non-hydrogen) atoms. The van der Waals surface area contributed by atoms with Gasteiger partial charge >= 0.3 is 0 Å². The van der Waals surface area contributed by atoms with E-state index in [1.165, 1.54) is 18.0 Å². The molecule has 0 spiro atoms. The number of nitrogens with one attached hydrogen (secondary N) is 2. The summed E-state index contributed by atoms with van der Waals surface area (Å²) in [6.45, 7) is 1.43. The predicted molar refractivity (Wildman–Crippen MR) is 50.5 cm³/mol. The van der Waals surface area contributed by atoms with Crippen molar-refractivity contribution >= 4 is 17.8 Å². The molecule has 0 aliphatic carbocycles. The average molecular weight is 196 g/mol. The van der Waals surface area contributed by atoms with Crippen LogP contribution in [-0.4, -0.2) is 40.3 Å². The van der Waals surface area contributed by atoms with E-state index in [-0.39, 0.29) is 18.4 Å². The lowest BCUT2D eigenvalue weighted by Crippen LogP contribution is -2.33. The van der Waals surface area contributed by atoms with E-state index in [4.69, 9.17) is 0 Å². The number of aromatic amines is 1. The number of H-pyrrole nitrogens is 1. The van der Waals surface area contributed by atoms with Crippen molar-refractivity contribution in [3.05, 3.63) is 12.4 Å². The molecule has 0 bridgehead atoms. The quantitative estimate of drug-likeness (QED) is 0.704. The van der Waals surface area contributed by atoms with Crippen LogP contribution < -0.4 is 5.32 Å². The third-order valence-corrected chi connectivity index (χ3v) is 1.67. The van der Waals surface area contributed by atoms with Crippen molar-refractivity contribution in [2.75, 3.05) is 18.9 Å². The summed E-state index contributed by atoms with van der Waals surface area (Å²) in [5.74, 6) is -0.0517. The number of aromatic nitrogens is 2. The first-order valence-electron chi connectivity index (χ1n) is 4.10. The zero-order chi connectivity index (χ0) is 10.6. The van der Waals surface area contributed by atoms with Gasteiger partial charge in [0.2, 0.25) is 17.8 Å². The van der Waals surface area contributed by atoms with Crippen molar-refractivity contribution in [3.8, 4) is 0 Å². The maximum absolute atomic E-state index is 11.3. The summed E-state index contributed by atoms with van der Waals surface area (Å²) >= 11 is 0. The minimum atomic E-state index is -0.280. The molecule has 0 atom stereocenters. The lowest BCUT2D eigenvalue weighted by molar-refractivity contribution is -0.131. The lowest BCUT2D eigenvalue weighted by atomic mass is 10.5. The van der Waals surface area contributed by atoms with Crippen LogP contribution in [0.25, 0.3) is 0 Å². The van der Waals surface area contributed by atoms with E-state index in [1.807, 2.05) is 0 Å². The maximum Gasteiger partial charge on any atom is 0.246 e. The highest BCUT2D eigenvalue weighted by atomic mass is 16.2. The van der Waals surface area contributed by atoms with Gasteiger partial charge in [-0.1, -0.05) is 0 Å². The Labute approximate surface area is 81.3 Å². The molecule has 0 fully saturated rings. The fraction of sp³-hybridized carbons (Fsp3) is 0.375. The van der Waals surface area contributed by atoms with E-state index < -0.39 is 0 Å². The molecule has 1 aromatic heterocycles. The molecular formula is C8H12N4O2. The molecule has 6 nitrogen and oxygen atoms in total. The number of imidazole rings is 1. The monoisotopic (exact) mass is 196 g/mol. The Morgan fingerprint density at radius 2 is 2.36 bits per heavy atom. The van der Waals surface area contributed by atoms with E-state index in [2.05, 4.69) is 15.3 Å². The normalized spacial score (nSPS) is 9.57. The summed E-state index contributed by atoms with van der Waals surface area (Å²) < 4.78 is 0. The number of rotatable bonds is 3. The summed E-state index contributed by atoms with van der Waals surface area (Å²) in [6.07, 6.45) is 3.13. The van der Waals surface area contributed by atoms with E-state index in [0.717, 1.165) is 0 Å². The fourth-order valence-electron chi connectivity index (χ4n) is 0.832. The second-order valence-corrected chi connectivity index (χ2v) is 2.86. The predicted octanol–water partition coefficient (Wildman–Crippen LogP) is -0.174. The average Bonchev–Trinajstić information content (AvgIpc) is 2.56. The molecule has 76 valence electrons. The Kier molecular flexibility index (Phi) is 3.22. The molecular weight excluding hydrogens is 184 g/mol. The molecule has 6 heteroatoms. The van der Waals surface area contributed by atoms with Crippen LogP contribution in [-0.2, 0) is 9.59 Å². The molecule has 0 radical (unpaired) electrons. The van der Waals surface area contributed by atoms with Crippen LogP contribution in [0.3, 0.4) is 0 Å². The van der Waals surface area contributed by atoms with Crippen LogP contribution in [0.5, 0.6) is 0 Å². The molecule has 1 aromatic rings. The summed E-state index contributed by atoms with van der Waals surface area (Å²) in [5.41, 5.74) is 0. The Morgan fingerprint density at radius 1 is 1.64 bits per heavy atom. The van der Waals surface area contributed by atoms with Crippen LogP contribution in [0.1, 0.15) is 6.92 Å². The zero-order valence-corrected chi connectivity index (χ0v) is 8.07. The Balaban J connectivity index is 2.40. The largest absolute Gasteiger partial charge is 0.337 e. The molecule has 0 saturated carbocycles. The van der Waals surface area contributed by atoms with Gasteiger partial charge in [0.15, 0.2) is 0 Å². The van der Waals surface area contributed by atoms with Gasteiger partial charge in [-0.05, 0) is 0 Å². The van der Waals surface area contributed by atoms with Crippen molar-refractivity contribution in [3.63, 3.8) is 0 Å². The van der Waals surface area contributed by atoms with Crippen LogP contribution >= 0.6 is 0 Å². The van der Waals surface area contributed by atoms with Gasteiger partial charge in [0.25, 0.3) is 0 Å². The first kappa shape index (κ1) is 10.2. The molecule has 0 aromatic carbocycles. The second kappa shape index (κ2) is 4.40. The second-order valence-electron chi connectivity index (χ2n) is 2.86. The van der Waals surface area contributed by atoms with Crippen molar-refractivity contribution in [1.82, 2.24) is 14.9 Å². The van der Waals surface area contributed by atoms with Gasteiger partial charge in [-0.25, -0.2) is 4.98 Å². The minimum absolute atomic E-state index is 0.0238. The molecule has 0 unspecified atom stereocenters. The molecule has 1 rings (SSSR count). The number of nitrogens with zero attached hydrogens (tertiary/aromatic N) is 2. The first-order chi connectivity index (χ1) is 6.59. The number of carbonyl (C=O) groups excluding carboxylic acids is 2. The summed E-state index contributed by atoms with van der Waals surface area (Å²) in [4.78, 5) is 29.9. The Bertz CT molecular complexity index is 320. The Morgan fingerprint density at radius 3 is 2.86 bits per heavy atom. The highest BCUT2D eigenvalue weighted by Crippen LogP contribution is 1.95. The smallest absolute Gasteiger partial charge is 0.246 e. The number of likely N-dealkylation sites (N-methyl/N-ethyl adjacent to an activating group) is 1. The van der Waals surface area contributed by atoms with Crippen LogP contribution in [0.15, 0.2) is 12.4 Å². The standard InChI is InChI=1S/C8H12N4O2/c1-6(13)12(2)5-7(14)11-8-9-3-4-10-8/h3-4H,5H2,1-2H3,(H2,9,10,11,14). The molecule has 0 aliphatic heterocycles.